The van der Waals surface area contributed by atoms with E-state index in [4.69, 9.17) is 11.6 Å². The zero-order valence-corrected chi connectivity index (χ0v) is 7.98. The number of halogens is 2. The highest BCUT2D eigenvalue weighted by Gasteiger charge is 2.53. The van der Waals surface area contributed by atoms with Crippen LogP contribution in [0.3, 0.4) is 0 Å². The Morgan fingerprint density at radius 1 is 1.62 bits per heavy atom. The molecule has 0 aliphatic heterocycles. The molecule has 0 saturated heterocycles. The monoisotopic (exact) mass is 200 g/mol. The highest BCUT2D eigenvalue weighted by Crippen LogP contribution is 2.53. The highest BCUT2D eigenvalue weighted by atomic mass is 35.5. The van der Waals surface area contributed by atoms with E-state index in [9.17, 15) is 9.50 Å². The smallest absolute Gasteiger partial charge is 0.130 e. The van der Waals surface area contributed by atoms with Crippen molar-refractivity contribution < 1.29 is 9.50 Å². The van der Waals surface area contributed by atoms with Gasteiger partial charge in [0, 0.05) is 10.6 Å². The first-order valence-corrected chi connectivity index (χ1v) is 4.60. The van der Waals surface area contributed by atoms with Crippen LogP contribution >= 0.6 is 11.6 Å². The molecule has 1 saturated carbocycles. The third kappa shape index (κ3) is 1.25. The third-order valence-corrected chi connectivity index (χ3v) is 2.98. The Morgan fingerprint density at radius 2 is 2.23 bits per heavy atom. The molecular weight excluding hydrogens is 191 g/mol. The molecule has 2 atom stereocenters. The summed E-state index contributed by atoms with van der Waals surface area (Å²) in [6.45, 7) is 1.88. The van der Waals surface area contributed by atoms with E-state index in [1.807, 2.05) is 6.92 Å². The summed E-state index contributed by atoms with van der Waals surface area (Å²) in [5, 5.41) is 10.2. The molecule has 1 aromatic carbocycles. The minimum Gasteiger partial charge on any atom is -0.385 e. The second-order valence-corrected chi connectivity index (χ2v) is 4.03. The number of benzene rings is 1. The summed E-state index contributed by atoms with van der Waals surface area (Å²) in [4.78, 5) is 0. The van der Waals surface area contributed by atoms with Crippen LogP contribution in [0, 0.1) is 11.7 Å². The summed E-state index contributed by atoms with van der Waals surface area (Å²) in [5.41, 5.74) is -0.772. The van der Waals surface area contributed by atoms with Gasteiger partial charge in [0.15, 0.2) is 0 Å². The fourth-order valence-corrected chi connectivity index (χ4v) is 1.99. The lowest BCUT2D eigenvalue weighted by Gasteiger charge is -2.12. The molecule has 0 amide bonds. The summed E-state index contributed by atoms with van der Waals surface area (Å²) in [6.07, 6.45) is 0.591. The van der Waals surface area contributed by atoms with Crippen molar-refractivity contribution in [3.05, 3.63) is 34.6 Å². The average Bonchev–Trinajstić information content (AvgIpc) is 2.59. The molecule has 3 heteroatoms. The quantitative estimate of drug-likeness (QED) is 0.739. The van der Waals surface area contributed by atoms with Crippen molar-refractivity contribution in [1.82, 2.24) is 0 Å². The van der Waals surface area contributed by atoms with Crippen LogP contribution in [0.5, 0.6) is 0 Å². The fraction of sp³-hybridized carbons (Fsp3) is 0.400. The first-order chi connectivity index (χ1) is 6.05. The molecule has 0 aromatic heterocycles. The van der Waals surface area contributed by atoms with E-state index in [-0.39, 0.29) is 11.5 Å². The van der Waals surface area contributed by atoms with E-state index in [0.29, 0.717) is 11.4 Å². The van der Waals surface area contributed by atoms with Crippen LogP contribution in [0.1, 0.15) is 18.9 Å². The van der Waals surface area contributed by atoms with Crippen LogP contribution in [0.15, 0.2) is 18.2 Å². The lowest BCUT2D eigenvalue weighted by molar-refractivity contribution is 0.130. The summed E-state index contributed by atoms with van der Waals surface area (Å²) in [7, 11) is 0. The Hall–Kier alpha value is -0.600. The van der Waals surface area contributed by atoms with Gasteiger partial charge in [-0.15, -0.1) is 0 Å². The molecule has 1 nitrogen and oxygen atoms in total. The molecule has 1 aliphatic carbocycles. The van der Waals surface area contributed by atoms with Gasteiger partial charge in [-0.1, -0.05) is 24.6 Å². The summed E-state index contributed by atoms with van der Waals surface area (Å²) in [6, 6.07) is 4.46. The van der Waals surface area contributed by atoms with Gasteiger partial charge >= 0.3 is 0 Å². The average molecular weight is 201 g/mol. The molecule has 1 aromatic rings. The van der Waals surface area contributed by atoms with Crippen molar-refractivity contribution in [3.63, 3.8) is 0 Å². The molecular formula is C10H10ClFO. The van der Waals surface area contributed by atoms with Gasteiger partial charge in [0.05, 0.1) is 5.60 Å². The topological polar surface area (TPSA) is 20.2 Å². The van der Waals surface area contributed by atoms with Gasteiger partial charge in [-0.2, -0.15) is 0 Å². The number of aliphatic hydroxyl groups is 1. The van der Waals surface area contributed by atoms with Crippen molar-refractivity contribution in [2.45, 2.75) is 18.9 Å². The van der Waals surface area contributed by atoms with Gasteiger partial charge in [0.25, 0.3) is 0 Å². The van der Waals surface area contributed by atoms with Crippen LogP contribution in [0.2, 0.25) is 5.02 Å². The Balaban J connectivity index is 2.52. The maximum atomic E-state index is 13.3. The van der Waals surface area contributed by atoms with E-state index in [1.54, 1.807) is 6.07 Å². The van der Waals surface area contributed by atoms with E-state index in [1.165, 1.54) is 12.1 Å². The standard InChI is InChI=1S/C10H10ClFO/c1-6-5-10(6,13)9-7(11)3-2-4-8(9)12/h2-4,6,13H,5H2,1H3. The molecule has 13 heavy (non-hydrogen) atoms. The summed E-state index contributed by atoms with van der Waals surface area (Å²) in [5.74, 6) is -0.318. The molecule has 1 aliphatic rings. The maximum Gasteiger partial charge on any atom is 0.130 e. The minimum atomic E-state index is -1.03. The Labute approximate surface area is 81.1 Å². The zero-order chi connectivity index (χ0) is 9.64. The van der Waals surface area contributed by atoms with Gasteiger partial charge in [-0.25, -0.2) is 4.39 Å². The third-order valence-electron chi connectivity index (χ3n) is 2.67. The van der Waals surface area contributed by atoms with Crippen molar-refractivity contribution in [2.75, 3.05) is 0 Å². The van der Waals surface area contributed by atoms with Crippen LogP contribution in [-0.4, -0.2) is 5.11 Å². The second kappa shape index (κ2) is 2.69. The van der Waals surface area contributed by atoms with Crippen molar-refractivity contribution >= 4 is 11.6 Å². The SMILES string of the molecule is CC1CC1(O)c1c(F)cccc1Cl. The number of hydrogen-bond acceptors (Lipinski definition) is 1. The first-order valence-electron chi connectivity index (χ1n) is 4.22. The van der Waals surface area contributed by atoms with E-state index in [0.717, 1.165) is 0 Å². The lowest BCUT2D eigenvalue weighted by Crippen LogP contribution is -2.10. The van der Waals surface area contributed by atoms with Crippen LogP contribution in [0.25, 0.3) is 0 Å². The minimum absolute atomic E-state index is 0.0990. The summed E-state index contributed by atoms with van der Waals surface area (Å²) < 4.78 is 13.3. The Morgan fingerprint density at radius 3 is 2.69 bits per heavy atom. The summed E-state index contributed by atoms with van der Waals surface area (Å²) >= 11 is 5.82. The maximum absolute atomic E-state index is 13.3. The van der Waals surface area contributed by atoms with Gasteiger partial charge in [0.2, 0.25) is 0 Å². The molecule has 70 valence electrons. The molecule has 0 heterocycles. The lowest BCUT2D eigenvalue weighted by atomic mass is 10.1. The molecule has 2 rings (SSSR count). The predicted octanol–water partition coefficient (Wildman–Crippen LogP) is 2.71. The van der Waals surface area contributed by atoms with Crippen molar-refractivity contribution in [1.29, 1.82) is 0 Å². The van der Waals surface area contributed by atoms with Crippen LogP contribution in [-0.2, 0) is 5.60 Å². The fourth-order valence-electron chi connectivity index (χ4n) is 1.67. The zero-order valence-electron chi connectivity index (χ0n) is 7.22. The Bertz CT molecular complexity index is 333. The molecule has 1 N–H and O–H groups in total. The largest absolute Gasteiger partial charge is 0.385 e. The van der Waals surface area contributed by atoms with Gasteiger partial charge in [-0.05, 0) is 24.5 Å². The predicted molar refractivity (Wildman–Crippen MR) is 49.1 cm³/mol. The van der Waals surface area contributed by atoms with E-state index in [2.05, 4.69) is 0 Å². The number of hydrogen-bond donors (Lipinski definition) is 1. The highest BCUT2D eigenvalue weighted by molar-refractivity contribution is 6.31. The molecule has 0 bridgehead atoms. The normalized spacial score (nSPS) is 31.8. The second-order valence-electron chi connectivity index (χ2n) is 3.63. The van der Waals surface area contributed by atoms with Crippen LogP contribution in [0.4, 0.5) is 4.39 Å². The van der Waals surface area contributed by atoms with Gasteiger partial charge < -0.3 is 5.11 Å². The molecule has 0 radical (unpaired) electrons. The molecule has 0 spiro atoms. The van der Waals surface area contributed by atoms with Crippen molar-refractivity contribution in [2.24, 2.45) is 5.92 Å². The Kier molecular flexibility index (Phi) is 1.86. The van der Waals surface area contributed by atoms with E-state index < -0.39 is 11.4 Å². The molecule has 2 unspecified atom stereocenters. The van der Waals surface area contributed by atoms with Gasteiger partial charge in [0.1, 0.15) is 5.82 Å². The van der Waals surface area contributed by atoms with Crippen molar-refractivity contribution in [3.8, 4) is 0 Å². The van der Waals surface area contributed by atoms with E-state index >= 15 is 0 Å². The molecule has 1 fully saturated rings. The van der Waals surface area contributed by atoms with Gasteiger partial charge in [-0.3, -0.25) is 0 Å². The van der Waals surface area contributed by atoms with Crippen LogP contribution < -0.4 is 0 Å². The first kappa shape index (κ1) is 8.97. The number of rotatable bonds is 1.